The van der Waals surface area contributed by atoms with Crippen LogP contribution in [0.5, 0.6) is 17.2 Å². The maximum Gasteiger partial charge on any atom is 0.261 e. The zero-order chi connectivity index (χ0) is 18.5. The van der Waals surface area contributed by atoms with Crippen molar-refractivity contribution >= 4 is 17.5 Å². The average Bonchev–Trinajstić information content (AvgIpc) is 2.67. The minimum absolute atomic E-state index is 0.162. The summed E-state index contributed by atoms with van der Waals surface area (Å²) in [5.74, 6) is 1.89. The molecule has 0 aliphatic carbocycles. The highest BCUT2D eigenvalue weighted by Gasteiger charge is 2.22. The third kappa shape index (κ3) is 4.41. The minimum Gasteiger partial charge on any atom is -0.486 e. The number of benzene rings is 2. The molecule has 1 amide bonds. The van der Waals surface area contributed by atoms with Crippen LogP contribution in [0.4, 0.5) is 0 Å². The highest BCUT2D eigenvalue weighted by Crippen LogP contribution is 2.32. The number of fused-ring (bicyclic) bond motifs is 1. The second-order valence-corrected chi connectivity index (χ2v) is 6.54. The summed E-state index contributed by atoms with van der Waals surface area (Å²) in [5, 5.41) is 3.63. The minimum atomic E-state index is -0.573. The van der Waals surface area contributed by atoms with Crippen LogP contribution in [0, 0.1) is 0 Å². The molecular weight excluding hydrogens is 354 g/mol. The Balaban J connectivity index is 1.64. The second kappa shape index (κ2) is 8.32. The number of nitrogens with one attached hydrogen (secondary N) is 1. The first-order valence-corrected chi connectivity index (χ1v) is 9.06. The van der Waals surface area contributed by atoms with Gasteiger partial charge in [-0.25, -0.2) is 0 Å². The molecule has 0 aromatic heterocycles. The molecule has 0 unspecified atom stereocenters. The van der Waals surface area contributed by atoms with Gasteiger partial charge in [-0.2, -0.15) is 0 Å². The zero-order valence-corrected chi connectivity index (χ0v) is 15.6. The molecule has 0 fully saturated rings. The zero-order valence-electron chi connectivity index (χ0n) is 14.8. The van der Waals surface area contributed by atoms with Crippen LogP contribution >= 0.6 is 11.6 Å². The summed E-state index contributed by atoms with van der Waals surface area (Å²) in [5.41, 5.74) is 0.948. The number of amides is 1. The molecule has 0 radical (unpaired) electrons. The highest BCUT2D eigenvalue weighted by atomic mass is 35.5. The number of ether oxygens (including phenoxy) is 3. The lowest BCUT2D eigenvalue weighted by atomic mass is 10.1. The summed E-state index contributed by atoms with van der Waals surface area (Å²) in [7, 11) is 0. The third-order valence-corrected chi connectivity index (χ3v) is 4.43. The molecule has 0 spiro atoms. The molecule has 1 aliphatic rings. The van der Waals surface area contributed by atoms with E-state index in [1.165, 1.54) is 0 Å². The van der Waals surface area contributed by atoms with Crippen LogP contribution < -0.4 is 19.5 Å². The predicted molar refractivity (Wildman–Crippen MR) is 100 cm³/mol. The topological polar surface area (TPSA) is 56.8 Å². The average molecular weight is 376 g/mol. The van der Waals surface area contributed by atoms with E-state index in [1.807, 2.05) is 32.0 Å². The van der Waals surface area contributed by atoms with Crippen LogP contribution in [0.3, 0.4) is 0 Å². The number of hydrogen-bond acceptors (Lipinski definition) is 4. The maximum atomic E-state index is 12.6. The van der Waals surface area contributed by atoms with Gasteiger partial charge in [-0.1, -0.05) is 24.6 Å². The fourth-order valence-corrected chi connectivity index (χ4v) is 2.84. The molecule has 138 valence electrons. The van der Waals surface area contributed by atoms with Crippen LogP contribution in [0.1, 0.15) is 31.9 Å². The predicted octanol–water partition coefficient (Wildman–Crippen LogP) is 4.15. The monoisotopic (exact) mass is 375 g/mol. The first-order chi connectivity index (χ1) is 12.6. The van der Waals surface area contributed by atoms with Crippen LogP contribution in [0.2, 0.25) is 5.02 Å². The molecular formula is C20H22ClNO4. The number of rotatable bonds is 6. The molecule has 5 nitrogen and oxygen atoms in total. The fourth-order valence-electron chi connectivity index (χ4n) is 2.72. The van der Waals surface area contributed by atoms with Gasteiger partial charge in [0.05, 0.1) is 6.04 Å². The molecule has 2 aromatic carbocycles. The van der Waals surface area contributed by atoms with E-state index in [1.54, 1.807) is 24.3 Å². The van der Waals surface area contributed by atoms with Gasteiger partial charge in [-0.15, -0.1) is 0 Å². The van der Waals surface area contributed by atoms with Gasteiger partial charge in [0.2, 0.25) is 0 Å². The van der Waals surface area contributed by atoms with Crippen molar-refractivity contribution in [3.8, 4) is 17.2 Å². The first kappa shape index (κ1) is 18.4. The lowest BCUT2D eigenvalue weighted by molar-refractivity contribution is -0.128. The largest absolute Gasteiger partial charge is 0.486 e. The summed E-state index contributed by atoms with van der Waals surface area (Å²) in [4.78, 5) is 12.6. The third-order valence-electron chi connectivity index (χ3n) is 4.18. The molecule has 0 bridgehead atoms. The van der Waals surface area contributed by atoms with Gasteiger partial charge in [-0.05, 0) is 55.3 Å². The summed E-state index contributed by atoms with van der Waals surface area (Å²) in [6, 6.07) is 12.5. The molecule has 1 heterocycles. The van der Waals surface area contributed by atoms with Crippen LogP contribution in [-0.2, 0) is 4.79 Å². The van der Waals surface area contributed by atoms with Gasteiger partial charge >= 0.3 is 0 Å². The number of carbonyl (C=O) groups is 1. The van der Waals surface area contributed by atoms with Crippen molar-refractivity contribution in [3.63, 3.8) is 0 Å². The van der Waals surface area contributed by atoms with Crippen molar-refractivity contribution in [2.24, 2.45) is 0 Å². The van der Waals surface area contributed by atoms with Crippen LogP contribution in [-0.4, -0.2) is 25.2 Å². The second-order valence-electron chi connectivity index (χ2n) is 6.10. The van der Waals surface area contributed by atoms with Gasteiger partial charge in [0.15, 0.2) is 17.6 Å². The molecule has 3 rings (SSSR count). The van der Waals surface area contributed by atoms with Crippen molar-refractivity contribution in [2.45, 2.75) is 32.4 Å². The molecule has 26 heavy (non-hydrogen) atoms. The standard InChI is InChI=1S/C20H22ClNO4/c1-3-17(26-16-7-5-15(21)6-8-16)20(23)22-13(2)14-4-9-18-19(12-14)25-11-10-24-18/h4-9,12-13,17H,3,10-11H2,1-2H3,(H,22,23)/t13-,17-/m0/s1. The Kier molecular flexibility index (Phi) is 5.89. The Morgan fingerprint density at radius 3 is 2.54 bits per heavy atom. The van der Waals surface area contributed by atoms with Crippen LogP contribution in [0.15, 0.2) is 42.5 Å². The Hall–Kier alpha value is -2.40. The lowest BCUT2D eigenvalue weighted by Crippen LogP contribution is -2.39. The Morgan fingerprint density at radius 1 is 1.15 bits per heavy atom. The molecule has 2 atom stereocenters. The lowest BCUT2D eigenvalue weighted by Gasteiger charge is -2.23. The van der Waals surface area contributed by atoms with E-state index in [9.17, 15) is 4.79 Å². The summed E-state index contributed by atoms with van der Waals surface area (Å²) in [6.45, 7) is 4.93. The van der Waals surface area contributed by atoms with Gasteiger partial charge in [0.1, 0.15) is 19.0 Å². The maximum absolute atomic E-state index is 12.6. The van der Waals surface area contributed by atoms with Gasteiger partial charge in [-0.3, -0.25) is 4.79 Å². The SMILES string of the molecule is CC[C@H](Oc1ccc(Cl)cc1)C(=O)N[C@@H](C)c1ccc2c(c1)OCCO2. The summed E-state index contributed by atoms with van der Waals surface area (Å²) >= 11 is 5.88. The number of carbonyl (C=O) groups excluding carboxylic acids is 1. The number of hydrogen-bond donors (Lipinski definition) is 1. The van der Waals surface area contributed by atoms with Crippen molar-refractivity contribution in [1.29, 1.82) is 0 Å². The number of halogens is 1. The Labute approximate surface area is 158 Å². The van der Waals surface area contributed by atoms with E-state index >= 15 is 0 Å². The van der Waals surface area contributed by atoms with Crippen molar-refractivity contribution < 1.29 is 19.0 Å². The Morgan fingerprint density at radius 2 is 1.85 bits per heavy atom. The fraction of sp³-hybridized carbons (Fsp3) is 0.350. The Bertz CT molecular complexity index is 763. The normalized spacial score (nSPS) is 15.0. The molecule has 2 aromatic rings. The van der Waals surface area contributed by atoms with Crippen molar-refractivity contribution in [3.05, 3.63) is 53.1 Å². The quantitative estimate of drug-likeness (QED) is 0.824. The van der Waals surface area contributed by atoms with E-state index < -0.39 is 6.10 Å². The van der Waals surface area contributed by atoms with Gasteiger partial charge in [0, 0.05) is 5.02 Å². The van der Waals surface area contributed by atoms with E-state index in [-0.39, 0.29) is 11.9 Å². The molecule has 0 saturated heterocycles. The van der Waals surface area contributed by atoms with Gasteiger partial charge < -0.3 is 19.5 Å². The molecule has 1 N–H and O–H groups in total. The molecule has 1 aliphatic heterocycles. The van der Waals surface area contributed by atoms with Crippen molar-refractivity contribution in [2.75, 3.05) is 13.2 Å². The van der Waals surface area contributed by atoms with Crippen molar-refractivity contribution in [1.82, 2.24) is 5.32 Å². The van der Waals surface area contributed by atoms with E-state index in [4.69, 9.17) is 25.8 Å². The summed E-state index contributed by atoms with van der Waals surface area (Å²) < 4.78 is 16.9. The summed E-state index contributed by atoms with van der Waals surface area (Å²) in [6.07, 6.45) is -0.0154. The smallest absolute Gasteiger partial charge is 0.261 e. The highest BCUT2D eigenvalue weighted by molar-refractivity contribution is 6.30. The van der Waals surface area contributed by atoms with E-state index in [2.05, 4.69) is 5.32 Å². The molecule has 0 saturated carbocycles. The van der Waals surface area contributed by atoms with E-state index in [0.29, 0.717) is 36.2 Å². The van der Waals surface area contributed by atoms with Gasteiger partial charge in [0.25, 0.3) is 5.91 Å². The molecule has 6 heteroatoms. The van der Waals surface area contributed by atoms with E-state index in [0.717, 1.165) is 11.3 Å². The first-order valence-electron chi connectivity index (χ1n) is 8.69. The van der Waals surface area contributed by atoms with Crippen LogP contribution in [0.25, 0.3) is 0 Å².